The van der Waals surface area contributed by atoms with E-state index in [2.05, 4.69) is 4.98 Å². The average Bonchev–Trinajstić information content (AvgIpc) is 2.86. The molecule has 3 heterocycles. The van der Waals surface area contributed by atoms with Crippen LogP contribution >= 0.6 is 0 Å². The third kappa shape index (κ3) is 1.93. The third-order valence-corrected chi connectivity index (χ3v) is 3.32. The summed E-state index contributed by atoms with van der Waals surface area (Å²) in [5.41, 5.74) is 2.50. The molecule has 3 aromatic rings. The zero-order valence-electron chi connectivity index (χ0n) is 11.0. The van der Waals surface area contributed by atoms with Crippen LogP contribution in [0.2, 0.25) is 0 Å². The van der Waals surface area contributed by atoms with Crippen LogP contribution in [-0.2, 0) is 4.79 Å². The molecule has 0 spiro atoms. The predicted molar refractivity (Wildman–Crippen MR) is 73.2 cm³/mol. The number of nitrogens with zero attached hydrogens (tertiary/aromatic N) is 3. The van der Waals surface area contributed by atoms with Crippen LogP contribution in [0.5, 0.6) is 0 Å². The van der Waals surface area contributed by atoms with E-state index in [1.807, 2.05) is 47.0 Å². The van der Waals surface area contributed by atoms with Crippen molar-refractivity contribution in [3.8, 4) is 11.4 Å². The summed E-state index contributed by atoms with van der Waals surface area (Å²) in [6, 6.07) is 10.7. The van der Waals surface area contributed by atoms with Gasteiger partial charge in [-0.25, -0.2) is 13.8 Å². The van der Waals surface area contributed by atoms with Gasteiger partial charge in [0.15, 0.2) is 11.6 Å². The maximum atomic E-state index is 11.3. The number of fused-ring (bicyclic) bond motifs is 1. The van der Waals surface area contributed by atoms with Gasteiger partial charge >= 0.3 is 5.97 Å². The Hall–Kier alpha value is -2.69. The lowest BCUT2D eigenvalue weighted by Gasteiger charge is -2.05. The Labute approximate surface area is 115 Å². The zero-order valence-corrected chi connectivity index (χ0v) is 11.0. The maximum Gasteiger partial charge on any atom is 0.349 e. The number of hydrogen-bond acceptors (Lipinski definition) is 2. The monoisotopic (exact) mass is 268 g/mol. The first-order valence-electron chi connectivity index (χ1n) is 6.33. The van der Waals surface area contributed by atoms with Crippen molar-refractivity contribution in [3.63, 3.8) is 0 Å². The van der Waals surface area contributed by atoms with Gasteiger partial charge in [-0.1, -0.05) is 12.1 Å². The van der Waals surface area contributed by atoms with Crippen molar-refractivity contribution in [2.24, 2.45) is 0 Å². The molecule has 5 nitrogen and oxygen atoms in total. The van der Waals surface area contributed by atoms with Crippen molar-refractivity contribution in [2.45, 2.75) is 13.0 Å². The minimum absolute atomic E-state index is 0.660. The summed E-state index contributed by atoms with van der Waals surface area (Å²) >= 11 is 0. The average molecular weight is 268 g/mol. The third-order valence-electron chi connectivity index (χ3n) is 3.32. The molecule has 0 aliphatic carbocycles. The van der Waals surface area contributed by atoms with Crippen molar-refractivity contribution >= 4 is 11.5 Å². The van der Waals surface area contributed by atoms with Crippen LogP contribution in [0.15, 0.2) is 55.1 Å². The van der Waals surface area contributed by atoms with Crippen LogP contribution < -0.4 is 4.57 Å². The van der Waals surface area contributed by atoms with Gasteiger partial charge in [0, 0.05) is 6.20 Å². The van der Waals surface area contributed by atoms with E-state index in [1.54, 1.807) is 24.0 Å². The summed E-state index contributed by atoms with van der Waals surface area (Å²) in [5.74, 6) is -0.872. The van der Waals surface area contributed by atoms with Gasteiger partial charge in [-0.2, -0.15) is 0 Å². The Morgan fingerprint density at radius 2 is 2.10 bits per heavy atom. The van der Waals surface area contributed by atoms with E-state index in [-0.39, 0.29) is 0 Å². The molecule has 0 aliphatic heterocycles. The van der Waals surface area contributed by atoms with E-state index in [0.717, 1.165) is 16.9 Å². The fourth-order valence-corrected chi connectivity index (χ4v) is 2.26. The number of aliphatic carboxylic acids is 1. The molecule has 3 aromatic heterocycles. The van der Waals surface area contributed by atoms with Crippen molar-refractivity contribution in [1.29, 1.82) is 0 Å². The standard InChI is InChI=1S/C15H13N3O2/c1-11(15(19)20)18-10-17-9-5-3-7-13(17)14(18)12-6-2-4-8-16-12/h2-11H,1H3/p+1/t11-/m0/s1. The van der Waals surface area contributed by atoms with Crippen LogP contribution in [0, 0.1) is 0 Å². The molecule has 0 fully saturated rings. The molecular formula is C15H14N3O2+. The molecule has 1 atom stereocenters. The van der Waals surface area contributed by atoms with E-state index in [0.29, 0.717) is 0 Å². The second-order valence-electron chi connectivity index (χ2n) is 4.59. The Morgan fingerprint density at radius 3 is 2.80 bits per heavy atom. The van der Waals surface area contributed by atoms with E-state index >= 15 is 0 Å². The van der Waals surface area contributed by atoms with Crippen molar-refractivity contribution < 1.29 is 14.5 Å². The number of pyridine rings is 2. The van der Waals surface area contributed by atoms with Gasteiger partial charge in [-0.05, 0) is 31.2 Å². The number of aromatic nitrogens is 3. The topological polar surface area (TPSA) is 58.5 Å². The molecular weight excluding hydrogens is 254 g/mol. The van der Waals surface area contributed by atoms with Crippen LogP contribution in [0.3, 0.4) is 0 Å². The molecule has 0 saturated carbocycles. The van der Waals surface area contributed by atoms with Gasteiger partial charge in [0.2, 0.25) is 12.0 Å². The van der Waals surface area contributed by atoms with Gasteiger partial charge in [0.25, 0.3) is 0 Å². The lowest BCUT2D eigenvalue weighted by molar-refractivity contribution is -0.696. The van der Waals surface area contributed by atoms with Gasteiger partial charge in [0.05, 0.1) is 6.20 Å². The molecule has 20 heavy (non-hydrogen) atoms. The number of carbonyl (C=O) groups is 1. The highest BCUT2D eigenvalue weighted by atomic mass is 16.4. The number of carboxylic acids is 1. The van der Waals surface area contributed by atoms with E-state index < -0.39 is 12.0 Å². The normalized spacial score (nSPS) is 12.4. The van der Waals surface area contributed by atoms with Crippen LogP contribution in [-0.4, -0.2) is 20.5 Å². The number of imidazole rings is 1. The summed E-state index contributed by atoms with van der Waals surface area (Å²) in [7, 11) is 0. The first-order chi connectivity index (χ1) is 9.68. The lowest BCUT2D eigenvalue weighted by atomic mass is 10.2. The Morgan fingerprint density at radius 1 is 1.30 bits per heavy atom. The second-order valence-corrected chi connectivity index (χ2v) is 4.59. The highest BCUT2D eigenvalue weighted by Gasteiger charge is 2.27. The van der Waals surface area contributed by atoms with Gasteiger partial charge in [-0.15, -0.1) is 0 Å². The minimum atomic E-state index is -0.872. The molecule has 0 amide bonds. The Balaban J connectivity index is 2.32. The quantitative estimate of drug-likeness (QED) is 0.738. The Bertz CT molecular complexity index is 765. The number of rotatable bonds is 3. The first-order valence-corrected chi connectivity index (χ1v) is 6.33. The molecule has 0 bridgehead atoms. The molecule has 1 N–H and O–H groups in total. The maximum absolute atomic E-state index is 11.3. The fourth-order valence-electron chi connectivity index (χ4n) is 2.26. The van der Waals surface area contributed by atoms with Crippen molar-refractivity contribution in [3.05, 3.63) is 55.1 Å². The molecule has 0 aliphatic rings. The Kier molecular flexibility index (Phi) is 2.95. The lowest BCUT2D eigenvalue weighted by Crippen LogP contribution is -2.42. The number of hydrogen-bond donors (Lipinski definition) is 1. The number of carboxylic acid groups (broad SMARTS) is 1. The smallest absolute Gasteiger partial charge is 0.349 e. The summed E-state index contributed by atoms with van der Waals surface area (Å²) in [5, 5.41) is 9.28. The van der Waals surface area contributed by atoms with Crippen molar-refractivity contribution in [1.82, 2.24) is 9.38 Å². The van der Waals surface area contributed by atoms with Crippen LogP contribution in [0.4, 0.5) is 0 Å². The van der Waals surface area contributed by atoms with E-state index in [9.17, 15) is 9.90 Å². The van der Waals surface area contributed by atoms with Crippen molar-refractivity contribution in [2.75, 3.05) is 0 Å². The molecule has 0 unspecified atom stereocenters. The minimum Gasteiger partial charge on any atom is -0.478 e. The summed E-state index contributed by atoms with van der Waals surface area (Å²) in [4.78, 5) is 15.7. The van der Waals surface area contributed by atoms with Gasteiger partial charge in [-0.3, -0.25) is 4.98 Å². The molecule has 0 aromatic carbocycles. The van der Waals surface area contributed by atoms with E-state index in [4.69, 9.17) is 0 Å². The molecule has 0 saturated heterocycles. The summed E-state index contributed by atoms with van der Waals surface area (Å²) in [6.07, 6.45) is 5.39. The van der Waals surface area contributed by atoms with Gasteiger partial charge in [0.1, 0.15) is 5.69 Å². The fraction of sp³-hybridized carbons (Fsp3) is 0.133. The highest BCUT2D eigenvalue weighted by Crippen LogP contribution is 2.21. The molecule has 5 heteroatoms. The molecule has 0 radical (unpaired) electrons. The van der Waals surface area contributed by atoms with Gasteiger partial charge < -0.3 is 5.11 Å². The molecule has 3 rings (SSSR count). The summed E-state index contributed by atoms with van der Waals surface area (Å²) in [6.45, 7) is 1.66. The molecule has 100 valence electrons. The highest BCUT2D eigenvalue weighted by molar-refractivity contribution is 5.74. The SMILES string of the molecule is C[C@@H](C(=O)O)[n+]1cn2ccccc2c1-c1ccccn1. The van der Waals surface area contributed by atoms with Crippen LogP contribution in [0.1, 0.15) is 13.0 Å². The first kappa shape index (κ1) is 12.3. The second kappa shape index (κ2) is 4.77. The van der Waals surface area contributed by atoms with Crippen LogP contribution in [0.25, 0.3) is 16.9 Å². The van der Waals surface area contributed by atoms with E-state index in [1.165, 1.54) is 0 Å². The largest absolute Gasteiger partial charge is 0.478 e. The summed E-state index contributed by atoms with van der Waals surface area (Å²) < 4.78 is 3.64. The zero-order chi connectivity index (χ0) is 14.1. The predicted octanol–water partition coefficient (Wildman–Crippen LogP) is 1.93.